The van der Waals surface area contributed by atoms with Gasteiger partial charge in [-0.15, -0.1) is 11.8 Å². The van der Waals surface area contributed by atoms with E-state index >= 15 is 0 Å². The second-order valence-electron chi connectivity index (χ2n) is 6.94. The monoisotopic (exact) mass is 429 g/mol. The standard InChI is InChI=1S/C22H23NO6S/c24-19(25)7-4-12-29-17-10-8-16(9-11-17)22-23(14-15-5-2-1-3-6-15)21(28)18(30-22)13-20(26)27/h1-3,5-6,8-11,18,22H,4,7,12-14H2,(H,24,25)(H,26,27). The van der Waals surface area contributed by atoms with Crippen molar-refractivity contribution in [2.75, 3.05) is 6.61 Å². The fraction of sp³-hybridized carbons (Fsp3) is 0.318. The lowest BCUT2D eigenvalue weighted by Crippen LogP contribution is -2.31. The van der Waals surface area contributed by atoms with E-state index in [9.17, 15) is 14.4 Å². The van der Waals surface area contributed by atoms with E-state index in [4.69, 9.17) is 14.9 Å². The summed E-state index contributed by atoms with van der Waals surface area (Å²) in [6.07, 6.45) is 0.264. The molecule has 1 saturated heterocycles. The van der Waals surface area contributed by atoms with Crippen LogP contribution in [0.5, 0.6) is 5.75 Å². The minimum absolute atomic E-state index is 0.0539. The maximum atomic E-state index is 12.9. The summed E-state index contributed by atoms with van der Waals surface area (Å²) in [5, 5.41) is 16.9. The number of carboxylic acids is 2. The normalized spacial score (nSPS) is 18.4. The molecule has 158 valence electrons. The maximum Gasteiger partial charge on any atom is 0.305 e. The molecule has 0 saturated carbocycles. The number of hydrogen-bond donors (Lipinski definition) is 2. The highest BCUT2D eigenvalue weighted by molar-refractivity contribution is 8.01. The number of aliphatic carboxylic acids is 2. The molecule has 0 spiro atoms. The van der Waals surface area contributed by atoms with Gasteiger partial charge in [0.25, 0.3) is 0 Å². The number of amides is 1. The predicted octanol–water partition coefficient (Wildman–Crippen LogP) is 3.55. The fourth-order valence-electron chi connectivity index (χ4n) is 3.22. The zero-order valence-electron chi connectivity index (χ0n) is 16.3. The third kappa shape index (κ3) is 5.76. The first-order valence-corrected chi connectivity index (χ1v) is 10.5. The summed E-state index contributed by atoms with van der Waals surface area (Å²) in [6.45, 7) is 0.712. The van der Waals surface area contributed by atoms with Crippen LogP contribution in [-0.2, 0) is 20.9 Å². The van der Waals surface area contributed by atoms with Crippen molar-refractivity contribution in [1.82, 2.24) is 4.90 Å². The number of carbonyl (C=O) groups is 3. The van der Waals surface area contributed by atoms with E-state index in [1.165, 1.54) is 11.8 Å². The van der Waals surface area contributed by atoms with Crippen LogP contribution in [0.3, 0.4) is 0 Å². The summed E-state index contributed by atoms with van der Waals surface area (Å²) in [5.41, 5.74) is 1.86. The second-order valence-corrected chi connectivity index (χ2v) is 8.23. The van der Waals surface area contributed by atoms with Crippen molar-refractivity contribution < 1.29 is 29.3 Å². The average Bonchev–Trinajstić information content (AvgIpc) is 3.01. The molecule has 3 rings (SSSR count). The molecular weight excluding hydrogens is 406 g/mol. The third-order valence-electron chi connectivity index (χ3n) is 4.66. The summed E-state index contributed by atoms with van der Waals surface area (Å²) in [4.78, 5) is 36.4. The van der Waals surface area contributed by atoms with Gasteiger partial charge in [0.15, 0.2) is 0 Å². The Labute approximate surface area is 178 Å². The van der Waals surface area contributed by atoms with Crippen LogP contribution in [0.1, 0.15) is 35.8 Å². The van der Waals surface area contributed by atoms with Crippen LogP contribution < -0.4 is 4.74 Å². The first kappa shape index (κ1) is 21.7. The summed E-state index contributed by atoms with van der Waals surface area (Å²) in [6, 6.07) is 16.9. The van der Waals surface area contributed by atoms with Crippen molar-refractivity contribution >= 4 is 29.6 Å². The van der Waals surface area contributed by atoms with Gasteiger partial charge >= 0.3 is 11.9 Å². The van der Waals surface area contributed by atoms with Crippen LogP contribution >= 0.6 is 11.8 Å². The third-order valence-corrected chi connectivity index (χ3v) is 6.14. The largest absolute Gasteiger partial charge is 0.494 e. The zero-order chi connectivity index (χ0) is 21.5. The van der Waals surface area contributed by atoms with Crippen molar-refractivity contribution in [3.63, 3.8) is 0 Å². The molecule has 2 aromatic rings. The Morgan fingerprint density at radius 3 is 2.33 bits per heavy atom. The molecule has 1 heterocycles. The van der Waals surface area contributed by atoms with Gasteiger partial charge in [-0.25, -0.2) is 0 Å². The molecule has 7 nitrogen and oxygen atoms in total. The van der Waals surface area contributed by atoms with Gasteiger partial charge in [0, 0.05) is 13.0 Å². The Hall–Kier alpha value is -3.00. The molecule has 0 radical (unpaired) electrons. The summed E-state index contributed by atoms with van der Waals surface area (Å²) >= 11 is 1.35. The smallest absolute Gasteiger partial charge is 0.305 e. The molecule has 0 aromatic heterocycles. The summed E-state index contributed by atoms with van der Waals surface area (Å²) < 4.78 is 5.56. The van der Waals surface area contributed by atoms with E-state index in [1.54, 1.807) is 17.0 Å². The number of ether oxygens (including phenoxy) is 1. The highest BCUT2D eigenvalue weighted by Crippen LogP contribution is 2.45. The molecule has 2 N–H and O–H groups in total. The van der Waals surface area contributed by atoms with Crippen molar-refractivity contribution in [2.24, 2.45) is 0 Å². The fourth-order valence-corrected chi connectivity index (χ4v) is 4.66. The molecule has 1 amide bonds. The Morgan fingerprint density at radius 2 is 1.70 bits per heavy atom. The summed E-state index contributed by atoms with van der Waals surface area (Å²) in [5.74, 6) is -1.40. The van der Waals surface area contributed by atoms with Gasteiger partial charge in [0.05, 0.1) is 18.3 Å². The number of thioether (sulfide) groups is 1. The molecule has 2 unspecified atom stereocenters. The molecule has 0 bridgehead atoms. The van der Waals surface area contributed by atoms with Crippen LogP contribution in [-0.4, -0.2) is 44.8 Å². The molecule has 1 fully saturated rings. The molecule has 30 heavy (non-hydrogen) atoms. The SMILES string of the molecule is O=C(O)CCCOc1ccc(C2SC(CC(=O)O)C(=O)N2Cc2ccccc2)cc1. The van der Waals surface area contributed by atoms with Crippen molar-refractivity contribution in [3.8, 4) is 5.75 Å². The number of benzene rings is 2. The molecule has 1 aliphatic heterocycles. The first-order chi connectivity index (χ1) is 14.4. The van der Waals surface area contributed by atoms with E-state index in [0.717, 1.165) is 11.1 Å². The minimum atomic E-state index is -0.994. The van der Waals surface area contributed by atoms with Crippen LogP contribution in [0.25, 0.3) is 0 Å². The van der Waals surface area contributed by atoms with E-state index in [0.29, 0.717) is 25.3 Å². The van der Waals surface area contributed by atoms with Crippen molar-refractivity contribution in [1.29, 1.82) is 0 Å². The van der Waals surface area contributed by atoms with Gasteiger partial charge < -0.3 is 19.8 Å². The number of hydrogen-bond acceptors (Lipinski definition) is 5. The Morgan fingerprint density at radius 1 is 1.00 bits per heavy atom. The number of carboxylic acid groups (broad SMARTS) is 2. The molecule has 0 aliphatic carbocycles. The van der Waals surface area contributed by atoms with E-state index in [-0.39, 0.29) is 24.1 Å². The highest BCUT2D eigenvalue weighted by Gasteiger charge is 2.41. The number of nitrogens with zero attached hydrogens (tertiary/aromatic N) is 1. The molecule has 1 aliphatic rings. The van der Waals surface area contributed by atoms with Gasteiger partial charge in [0.1, 0.15) is 11.1 Å². The van der Waals surface area contributed by atoms with Crippen LogP contribution in [0.4, 0.5) is 0 Å². The van der Waals surface area contributed by atoms with E-state index in [1.807, 2.05) is 42.5 Å². The predicted molar refractivity (Wildman–Crippen MR) is 112 cm³/mol. The van der Waals surface area contributed by atoms with Gasteiger partial charge in [-0.05, 0) is 29.7 Å². The maximum absolute atomic E-state index is 12.9. The van der Waals surface area contributed by atoms with Gasteiger partial charge in [-0.2, -0.15) is 0 Å². The van der Waals surface area contributed by atoms with Crippen LogP contribution in [0.15, 0.2) is 54.6 Å². The Bertz CT molecular complexity index is 886. The Kier molecular flexibility index (Phi) is 7.35. The van der Waals surface area contributed by atoms with Gasteiger partial charge in [-0.1, -0.05) is 42.5 Å². The molecule has 2 aromatic carbocycles. The van der Waals surface area contributed by atoms with E-state index < -0.39 is 17.2 Å². The Balaban J connectivity index is 1.72. The van der Waals surface area contributed by atoms with Crippen LogP contribution in [0, 0.1) is 0 Å². The van der Waals surface area contributed by atoms with Crippen molar-refractivity contribution in [3.05, 3.63) is 65.7 Å². The van der Waals surface area contributed by atoms with E-state index in [2.05, 4.69) is 0 Å². The average molecular weight is 429 g/mol. The quantitative estimate of drug-likeness (QED) is 0.557. The van der Waals surface area contributed by atoms with Crippen molar-refractivity contribution in [2.45, 2.75) is 36.4 Å². The molecular formula is C22H23NO6S. The number of rotatable bonds is 10. The lowest BCUT2D eigenvalue weighted by Gasteiger charge is -2.24. The minimum Gasteiger partial charge on any atom is -0.494 e. The molecule has 2 atom stereocenters. The number of carbonyl (C=O) groups excluding carboxylic acids is 1. The highest BCUT2D eigenvalue weighted by atomic mass is 32.2. The lowest BCUT2D eigenvalue weighted by atomic mass is 10.1. The second kappa shape index (κ2) is 10.2. The molecule has 8 heteroatoms. The van der Waals surface area contributed by atoms with Crippen LogP contribution in [0.2, 0.25) is 0 Å². The summed E-state index contributed by atoms with van der Waals surface area (Å²) in [7, 11) is 0. The first-order valence-electron chi connectivity index (χ1n) is 9.60. The van der Waals surface area contributed by atoms with Gasteiger partial charge in [0.2, 0.25) is 5.91 Å². The topological polar surface area (TPSA) is 104 Å². The lowest BCUT2D eigenvalue weighted by molar-refractivity contribution is -0.140. The zero-order valence-corrected chi connectivity index (χ0v) is 17.1. The van der Waals surface area contributed by atoms with Gasteiger partial charge in [-0.3, -0.25) is 14.4 Å².